The molecule has 0 aromatic heterocycles. The highest BCUT2D eigenvalue weighted by Crippen LogP contribution is 1.79. The minimum absolute atomic E-state index is 0.0437. The average Bonchev–Trinajstić information content (AvgIpc) is 1.87. The van der Waals surface area contributed by atoms with Crippen molar-refractivity contribution >= 4 is 5.78 Å². The van der Waals surface area contributed by atoms with E-state index in [9.17, 15) is 4.79 Å². The lowest BCUT2D eigenvalue weighted by Gasteiger charge is -1.91. The fourth-order valence-electron chi connectivity index (χ4n) is 0.433. The molecular formula is C8H12O2. The van der Waals surface area contributed by atoms with E-state index in [0.717, 1.165) is 0 Å². The van der Waals surface area contributed by atoms with Crippen LogP contribution in [0.4, 0.5) is 0 Å². The Kier molecular flexibility index (Phi) is 5.68. The van der Waals surface area contributed by atoms with E-state index in [0.29, 0.717) is 13.2 Å². The highest BCUT2D eigenvalue weighted by molar-refractivity contribution is 5.87. The molecule has 0 heterocycles. The van der Waals surface area contributed by atoms with Crippen LogP contribution >= 0.6 is 0 Å². The molecule has 0 aliphatic heterocycles. The summed E-state index contributed by atoms with van der Waals surface area (Å²) in [5.41, 5.74) is 0. The molecule has 0 N–H and O–H groups in total. The standard InChI is InChI=1S/C8H12O2/c1-3-6-10-7-4-5-8(2)9/h3-5H,1,6-7H2,2H3/b5-4+. The van der Waals surface area contributed by atoms with Gasteiger partial charge in [-0.3, -0.25) is 4.79 Å². The molecular weight excluding hydrogens is 128 g/mol. The number of carbonyl (C=O) groups is 1. The van der Waals surface area contributed by atoms with Crippen molar-refractivity contribution in [3.05, 3.63) is 24.8 Å². The van der Waals surface area contributed by atoms with Crippen molar-refractivity contribution in [3.63, 3.8) is 0 Å². The molecule has 0 aliphatic rings. The van der Waals surface area contributed by atoms with Crippen molar-refractivity contribution < 1.29 is 9.53 Å². The Morgan fingerprint density at radius 1 is 1.60 bits per heavy atom. The molecule has 0 saturated heterocycles. The van der Waals surface area contributed by atoms with E-state index in [1.807, 2.05) is 0 Å². The molecule has 0 aromatic carbocycles. The van der Waals surface area contributed by atoms with E-state index in [4.69, 9.17) is 4.74 Å². The molecule has 0 unspecified atom stereocenters. The van der Waals surface area contributed by atoms with Gasteiger partial charge in [0.05, 0.1) is 13.2 Å². The van der Waals surface area contributed by atoms with Gasteiger partial charge in [0, 0.05) is 0 Å². The molecule has 0 spiro atoms. The molecule has 0 atom stereocenters. The number of ketones is 1. The highest BCUT2D eigenvalue weighted by Gasteiger charge is 1.80. The number of allylic oxidation sites excluding steroid dienone is 1. The van der Waals surface area contributed by atoms with Crippen LogP contribution in [0.2, 0.25) is 0 Å². The predicted octanol–water partition coefficient (Wildman–Crippen LogP) is 1.33. The van der Waals surface area contributed by atoms with Crippen LogP contribution in [0.15, 0.2) is 24.8 Å². The van der Waals surface area contributed by atoms with Crippen LogP contribution in [0.25, 0.3) is 0 Å². The van der Waals surface area contributed by atoms with Gasteiger partial charge in [0.2, 0.25) is 0 Å². The first-order valence-corrected chi connectivity index (χ1v) is 3.13. The summed E-state index contributed by atoms with van der Waals surface area (Å²) in [6.45, 7) is 5.99. The lowest BCUT2D eigenvalue weighted by atomic mass is 10.4. The number of carbonyl (C=O) groups excluding carboxylic acids is 1. The van der Waals surface area contributed by atoms with E-state index >= 15 is 0 Å². The van der Waals surface area contributed by atoms with Crippen LogP contribution in [-0.4, -0.2) is 19.0 Å². The highest BCUT2D eigenvalue weighted by atomic mass is 16.5. The fourth-order valence-corrected chi connectivity index (χ4v) is 0.433. The summed E-state index contributed by atoms with van der Waals surface area (Å²) < 4.78 is 4.98. The molecule has 2 nitrogen and oxygen atoms in total. The summed E-state index contributed by atoms with van der Waals surface area (Å²) in [6, 6.07) is 0. The number of hydrogen-bond donors (Lipinski definition) is 0. The van der Waals surface area contributed by atoms with Crippen LogP contribution in [0, 0.1) is 0 Å². The molecule has 0 amide bonds. The van der Waals surface area contributed by atoms with Crippen LogP contribution in [-0.2, 0) is 9.53 Å². The van der Waals surface area contributed by atoms with Crippen LogP contribution in [0.1, 0.15) is 6.92 Å². The predicted molar refractivity (Wildman–Crippen MR) is 40.8 cm³/mol. The smallest absolute Gasteiger partial charge is 0.152 e. The third-order valence-electron chi connectivity index (χ3n) is 0.802. The minimum atomic E-state index is 0.0437. The summed E-state index contributed by atoms with van der Waals surface area (Å²) in [6.07, 6.45) is 4.84. The van der Waals surface area contributed by atoms with Gasteiger partial charge in [-0.15, -0.1) is 6.58 Å². The van der Waals surface area contributed by atoms with E-state index in [-0.39, 0.29) is 5.78 Å². The zero-order valence-electron chi connectivity index (χ0n) is 6.17. The van der Waals surface area contributed by atoms with Gasteiger partial charge in [-0.1, -0.05) is 12.2 Å². The first-order valence-electron chi connectivity index (χ1n) is 3.13. The van der Waals surface area contributed by atoms with Crippen molar-refractivity contribution in [1.29, 1.82) is 0 Å². The summed E-state index contributed by atoms with van der Waals surface area (Å²) in [5, 5.41) is 0. The molecule has 0 aromatic rings. The summed E-state index contributed by atoms with van der Waals surface area (Å²) in [4.78, 5) is 10.3. The second-order valence-corrected chi connectivity index (χ2v) is 1.84. The SMILES string of the molecule is C=CCOC/C=C/C(C)=O. The van der Waals surface area contributed by atoms with Crippen molar-refractivity contribution in [1.82, 2.24) is 0 Å². The molecule has 0 radical (unpaired) electrons. The Labute approximate surface area is 61.2 Å². The largest absolute Gasteiger partial charge is 0.373 e. The zero-order valence-corrected chi connectivity index (χ0v) is 6.17. The maximum absolute atomic E-state index is 10.3. The first kappa shape index (κ1) is 9.11. The molecule has 0 bridgehead atoms. The Morgan fingerprint density at radius 2 is 2.30 bits per heavy atom. The van der Waals surface area contributed by atoms with Gasteiger partial charge in [0.15, 0.2) is 5.78 Å². The molecule has 56 valence electrons. The number of ether oxygens (including phenoxy) is 1. The summed E-state index contributed by atoms with van der Waals surface area (Å²) >= 11 is 0. The number of rotatable bonds is 5. The van der Waals surface area contributed by atoms with Gasteiger partial charge in [-0.05, 0) is 13.0 Å². The monoisotopic (exact) mass is 140 g/mol. The quantitative estimate of drug-likeness (QED) is 0.327. The molecule has 0 rings (SSSR count). The summed E-state index contributed by atoms with van der Waals surface area (Å²) in [7, 11) is 0. The van der Waals surface area contributed by atoms with Crippen molar-refractivity contribution in [2.45, 2.75) is 6.92 Å². The van der Waals surface area contributed by atoms with Gasteiger partial charge in [-0.25, -0.2) is 0 Å². The van der Waals surface area contributed by atoms with Crippen LogP contribution < -0.4 is 0 Å². The Bertz CT molecular complexity index is 136. The topological polar surface area (TPSA) is 26.3 Å². The third-order valence-corrected chi connectivity index (χ3v) is 0.802. The van der Waals surface area contributed by atoms with Gasteiger partial charge in [0.1, 0.15) is 0 Å². The molecule has 0 aliphatic carbocycles. The molecule has 0 saturated carbocycles. The van der Waals surface area contributed by atoms with E-state index in [1.165, 1.54) is 13.0 Å². The van der Waals surface area contributed by atoms with E-state index in [1.54, 1.807) is 12.2 Å². The maximum atomic E-state index is 10.3. The summed E-state index contributed by atoms with van der Waals surface area (Å²) in [5.74, 6) is 0.0437. The molecule has 0 fully saturated rings. The third kappa shape index (κ3) is 7.11. The van der Waals surface area contributed by atoms with E-state index in [2.05, 4.69) is 6.58 Å². The Morgan fingerprint density at radius 3 is 2.80 bits per heavy atom. The number of hydrogen-bond acceptors (Lipinski definition) is 2. The second kappa shape index (κ2) is 6.23. The maximum Gasteiger partial charge on any atom is 0.152 e. The van der Waals surface area contributed by atoms with Crippen molar-refractivity contribution in [2.24, 2.45) is 0 Å². The first-order chi connectivity index (χ1) is 4.77. The van der Waals surface area contributed by atoms with E-state index < -0.39 is 0 Å². The Hall–Kier alpha value is -0.890. The molecule has 2 heteroatoms. The fraction of sp³-hybridized carbons (Fsp3) is 0.375. The Balaban J connectivity index is 3.18. The lowest BCUT2D eigenvalue weighted by Crippen LogP contribution is -1.90. The van der Waals surface area contributed by atoms with Crippen molar-refractivity contribution in [2.75, 3.05) is 13.2 Å². The van der Waals surface area contributed by atoms with Crippen LogP contribution in [0.3, 0.4) is 0 Å². The second-order valence-electron chi connectivity index (χ2n) is 1.84. The zero-order chi connectivity index (χ0) is 7.82. The van der Waals surface area contributed by atoms with Crippen LogP contribution in [0.5, 0.6) is 0 Å². The minimum Gasteiger partial charge on any atom is -0.373 e. The van der Waals surface area contributed by atoms with Crippen molar-refractivity contribution in [3.8, 4) is 0 Å². The van der Waals surface area contributed by atoms with Gasteiger partial charge in [-0.2, -0.15) is 0 Å². The average molecular weight is 140 g/mol. The normalized spacial score (nSPS) is 10.1. The molecule has 10 heavy (non-hydrogen) atoms. The van der Waals surface area contributed by atoms with Gasteiger partial charge < -0.3 is 4.74 Å². The van der Waals surface area contributed by atoms with Gasteiger partial charge in [0.25, 0.3) is 0 Å². The lowest BCUT2D eigenvalue weighted by molar-refractivity contribution is -0.112. The van der Waals surface area contributed by atoms with Gasteiger partial charge >= 0.3 is 0 Å².